The van der Waals surface area contributed by atoms with Gasteiger partial charge in [0.05, 0.1) is 16.4 Å². The first-order chi connectivity index (χ1) is 12.2. The molecule has 1 aliphatic heterocycles. The Morgan fingerprint density at radius 3 is 2.88 bits per heavy atom. The molecule has 0 aromatic carbocycles. The number of thiophene rings is 1. The van der Waals surface area contributed by atoms with E-state index >= 15 is 0 Å². The summed E-state index contributed by atoms with van der Waals surface area (Å²) < 4.78 is 0. The first-order valence-corrected chi connectivity index (χ1v) is 10.7. The zero-order valence-corrected chi connectivity index (χ0v) is 17.4. The molecule has 0 spiro atoms. The van der Waals surface area contributed by atoms with E-state index in [-0.39, 0.29) is 22.1 Å². The summed E-state index contributed by atoms with van der Waals surface area (Å²) >= 11 is 3.05. The van der Waals surface area contributed by atoms with Crippen LogP contribution in [0, 0.1) is 19.3 Å². The predicted molar refractivity (Wildman–Crippen MR) is 109 cm³/mol. The van der Waals surface area contributed by atoms with Crippen molar-refractivity contribution in [2.45, 2.75) is 45.1 Å². The summed E-state index contributed by atoms with van der Waals surface area (Å²) in [4.78, 5) is 36.3. The highest BCUT2D eigenvalue weighted by molar-refractivity contribution is 7.99. The van der Waals surface area contributed by atoms with Crippen LogP contribution in [0.25, 0.3) is 10.2 Å². The third-order valence-corrected chi connectivity index (χ3v) is 7.51. The number of likely N-dealkylation sites (tertiary alicyclic amines) is 1. The Bertz CT molecular complexity index is 891. The zero-order valence-electron chi connectivity index (χ0n) is 15.7. The fourth-order valence-electron chi connectivity index (χ4n) is 3.28. The van der Waals surface area contributed by atoms with Gasteiger partial charge in [-0.2, -0.15) is 0 Å². The minimum atomic E-state index is -0.178. The molecule has 8 heteroatoms. The topological polar surface area (TPSA) is 92.1 Å². The fourth-order valence-corrected chi connectivity index (χ4v) is 5.16. The van der Waals surface area contributed by atoms with Crippen molar-refractivity contribution in [1.29, 1.82) is 0 Å². The van der Waals surface area contributed by atoms with E-state index < -0.39 is 0 Å². The highest BCUT2D eigenvalue weighted by Crippen LogP contribution is 2.31. The molecule has 0 radical (unpaired) electrons. The summed E-state index contributed by atoms with van der Waals surface area (Å²) in [6.45, 7) is 10.1. The number of H-pyrrole nitrogens is 1. The molecular formula is C18H26N4O2S2. The minimum Gasteiger partial charge on any atom is -0.341 e. The van der Waals surface area contributed by atoms with E-state index in [0.717, 1.165) is 34.8 Å². The lowest BCUT2D eigenvalue weighted by atomic mass is 9.90. The number of thioether (sulfide) groups is 1. The zero-order chi connectivity index (χ0) is 19.1. The SMILES string of the molecule is Cc1sc2nc(CSC(C)C(=O)N3CCC(C)(CN)C3)[nH]c(=O)c2c1C. The summed E-state index contributed by atoms with van der Waals surface area (Å²) in [5.74, 6) is 1.27. The number of nitrogens with one attached hydrogen (secondary N) is 1. The van der Waals surface area contributed by atoms with Crippen LogP contribution >= 0.6 is 23.1 Å². The Hall–Kier alpha value is -1.38. The number of carbonyl (C=O) groups is 1. The Morgan fingerprint density at radius 2 is 2.23 bits per heavy atom. The Labute approximate surface area is 161 Å². The average Bonchev–Trinajstić information content (AvgIpc) is 3.13. The minimum absolute atomic E-state index is 0.0345. The fraction of sp³-hybridized carbons (Fsp3) is 0.611. The smallest absolute Gasteiger partial charge is 0.259 e. The van der Waals surface area contributed by atoms with Crippen LogP contribution < -0.4 is 11.3 Å². The van der Waals surface area contributed by atoms with Crippen molar-refractivity contribution in [1.82, 2.24) is 14.9 Å². The van der Waals surface area contributed by atoms with Gasteiger partial charge in [-0.05, 0) is 44.7 Å². The maximum absolute atomic E-state index is 12.7. The van der Waals surface area contributed by atoms with Crippen molar-refractivity contribution in [3.05, 3.63) is 26.6 Å². The molecule has 3 N–H and O–H groups in total. The van der Waals surface area contributed by atoms with Crippen molar-refractivity contribution in [3.8, 4) is 0 Å². The lowest BCUT2D eigenvalue weighted by Crippen LogP contribution is -2.38. The second-order valence-electron chi connectivity index (χ2n) is 7.45. The van der Waals surface area contributed by atoms with Crippen molar-refractivity contribution in [2.75, 3.05) is 19.6 Å². The maximum atomic E-state index is 12.7. The molecule has 142 valence electrons. The third kappa shape index (κ3) is 3.68. The van der Waals surface area contributed by atoms with Gasteiger partial charge in [-0.15, -0.1) is 23.1 Å². The van der Waals surface area contributed by atoms with Crippen LogP contribution in [0.4, 0.5) is 0 Å². The molecule has 3 rings (SSSR count). The second-order valence-corrected chi connectivity index (χ2v) is 9.99. The highest BCUT2D eigenvalue weighted by Gasteiger charge is 2.36. The monoisotopic (exact) mass is 394 g/mol. The summed E-state index contributed by atoms with van der Waals surface area (Å²) in [5, 5.41) is 0.506. The molecule has 1 amide bonds. The maximum Gasteiger partial charge on any atom is 0.259 e. The normalized spacial score (nSPS) is 21.5. The molecular weight excluding hydrogens is 368 g/mol. The number of carbonyl (C=O) groups excluding carboxylic acids is 1. The van der Waals surface area contributed by atoms with E-state index in [1.54, 1.807) is 11.3 Å². The van der Waals surface area contributed by atoms with Gasteiger partial charge in [0.2, 0.25) is 5.91 Å². The third-order valence-electron chi connectivity index (χ3n) is 5.27. The molecule has 2 aromatic rings. The van der Waals surface area contributed by atoms with Crippen molar-refractivity contribution < 1.29 is 4.79 Å². The van der Waals surface area contributed by atoms with Gasteiger partial charge in [0.1, 0.15) is 10.7 Å². The number of aryl methyl sites for hydroxylation is 2. The van der Waals surface area contributed by atoms with Crippen LogP contribution in [0.1, 0.15) is 36.5 Å². The van der Waals surface area contributed by atoms with Gasteiger partial charge in [0.25, 0.3) is 5.56 Å². The standard InChI is InChI=1S/C18H26N4O2S2/c1-10-11(2)26-16-14(10)15(23)20-13(21-16)7-25-12(3)17(24)22-6-5-18(4,8-19)9-22/h12H,5-9,19H2,1-4H3,(H,20,21,23). The van der Waals surface area contributed by atoms with Crippen LogP contribution in [-0.2, 0) is 10.5 Å². The van der Waals surface area contributed by atoms with Gasteiger partial charge >= 0.3 is 0 Å². The quantitative estimate of drug-likeness (QED) is 0.812. The van der Waals surface area contributed by atoms with Gasteiger partial charge in [0, 0.05) is 18.0 Å². The number of nitrogens with zero attached hydrogens (tertiary/aromatic N) is 2. The molecule has 1 aliphatic rings. The number of nitrogens with two attached hydrogens (primary N) is 1. The number of hydrogen-bond acceptors (Lipinski definition) is 6. The molecule has 2 unspecified atom stereocenters. The summed E-state index contributed by atoms with van der Waals surface area (Å²) in [6, 6.07) is 0. The van der Waals surface area contributed by atoms with Crippen molar-refractivity contribution in [3.63, 3.8) is 0 Å². The van der Waals surface area contributed by atoms with Gasteiger partial charge in [-0.25, -0.2) is 4.98 Å². The number of fused-ring (bicyclic) bond motifs is 1. The molecule has 26 heavy (non-hydrogen) atoms. The molecule has 3 heterocycles. The molecule has 0 saturated carbocycles. The van der Waals surface area contributed by atoms with Crippen LogP contribution in [0.15, 0.2) is 4.79 Å². The van der Waals surface area contributed by atoms with Crippen molar-refractivity contribution >= 4 is 39.2 Å². The lowest BCUT2D eigenvalue weighted by molar-refractivity contribution is -0.129. The van der Waals surface area contributed by atoms with E-state index in [9.17, 15) is 9.59 Å². The van der Waals surface area contributed by atoms with Gasteiger partial charge in [-0.3, -0.25) is 9.59 Å². The Kier molecular flexibility index (Phi) is 5.46. The second kappa shape index (κ2) is 7.32. The van der Waals surface area contributed by atoms with Crippen molar-refractivity contribution in [2.24, 2.45) is 11.1 Å². The van der Waals surface area contributed by atoms with Crippen LogP contribution in [0.3, 0.4) is 0 Å². The number of amides is 1. The molecule has 1 fully saturated rings. The average molecular weight is 395 g/mol. The van der Waals surface area contributed by atoms with Crippen LogP contribution in [-0.4, -0.2) is 45.7 Å². The van der Waals surface area contributed by atoms with E-state index in [0.29, 0.717) is 23.5 Å². The largest absolute Gasteiger partial charge is 0.341 e. The molecule has 6 nitrogen and oxygen atoms in total. The molecule has 1 saturated heterocycles. The molecule has 2 atom stereocenters. The highest BCUT2D eigenvalue weighted by atomic mass is 32.2. The van der Waals surface area contributed by atoms with E-state index in [2.05, 4.69) is 16.9 Å². The Morgan fingerprint density at radius 1 is 1.50 bits per heavy atom. The first kappa shape index (κ1) is 19.4. The van der Waals surface area contributed by atoms with Crippen LogP contribution in [0.5, 0.6) is 0 Å². The van der Waals surface area contributed by atoms with E-state index in [1.807, 2.05) is 25.7 Å². The summed E-state index contributed by atoms with van der Waals surface area (Å²) in [7, 11) is 0. The first-order valence-electron chi connectivity index (χ1n) is 8.83. The molecule has 0 bridgehead atoms. The predicted octanol–water partition coefficient (Wildman–Crippen LogP) is 2.42. The molecule has 2 aromatic heterocycles. The number of aromatic amines is 1. The number of hydrogen-bond donors (Lipinski definition) is 2. The van der Waals surface area contributed by atoms with E-state index in [1.165, 1.54) is 11.8 Å². The molecule has 0 aliphatic carbocycles. The van der Waals surface area contributed by atoms with Gasteiger partial charge < -0.3 is 15.6 Å². The number of aromatic nitrogens is 2. The summed E-state index contributed by atoms with van der Waals surface area (Å²) in [6.07, 6.45) is 0.954. The van der Waals surface area contributed by atoms with Gasteiger partial charge in [0.15, 0.2) is 0 Å². The van der Waals surface area contributed by atoms with E-state index in [4.69, 9.17) is 5.73 Å². The van der Waals surface area contributed by atoms with Crippen LogP contribution in [0.2, 0.25) is 0 Å². The van der Waals surface area contributed by atoms with Gasteiger partial charge in [-0.1, -0.05) is 6.92 Å². The number of rotatable bonds is 5. The lowest BCUT2D eigenvalue weighted by Gasteiger charge is -2.24. The Balaban J connectivity index is 1.66. The summed E-state index contributed by atoms with van der Waals surface area (Å²) in [5.41, 5.74) is 6.77.